The monoisotopic (exact) mass is 518 g/mol. The Morgan fingerprint density at radius 1 is 0.513 bits per heavy atom. The van der Waals surface area contributed by atoms with Crippen LogP contribution < -0.4 is 9.80 Å². The molecule has 3 heterocycles. The second kappa shape index (κ2) is 8.25. The SMILES string of the molecule is N=C1/C(=C2\C(=N)N(c3ccccc3)c3ccccc32)N(c2cccc3c2sc2ccccc23)c2ccccc21. The van der Waals surface area contributed by atoms with E-state index >= 15 is 0 Å². The van der Waals surface area contributed by atoms with Gasteiger partial charge >= 0.3 is 0 Å². The molecule has 8 rings (SSSR count). The maximum Gasteiger partial charge on any atom is 0.140 e. The second-order valence-corrected chi connectivity index (χ2v) is 10.8. The zero-order valence-electron chi connectivity index (χ0n) is 20.8. The number of benzene rings is 5. The summed E-state index contributed by atoms with van der Waals surface area (Å²) in [7, 11) is 0. The van der Waals surface area contributed by atoms with Crippen LogP contribution in [0, 0.1) is 10.8 Å². The summed E-state index contributed by atoms with van der Waals surface area (Å²) in [6.45, 7) is 0. The number of hydrogen-bond acceptors (Lipinski definition) is 4. The summed E-state index contributed by atoms with van der Waals surface area (Å²) in [4.78, 5) is 4.21. The molecule has 0 saturated heterocycles. The van der Waals surface area contributed by atoms with Gasteiger partial charge < -0.3 is 4.90 Å². The van der Waals surface area contributed by atoms with Crippen LogP contribution in [0.3, 0.4) is 0 Å². The summed E-state index contributed by atoms with van der Waals surface area (Å²) in [6.07, 6.45) is 0. The van der Waals surface area contributed by atoms with Crippen LogP contribution in [-0.4, -0.2) is 11.5 Å². The summed E-state index contributed by atoms with van der Waals surface area (Å²) in [6, 6.07) is 41.3. The topological polar surface area (TPSA) is 54.2 Å². The molecule has 0 atom stereocenters. The Kier molecular flexibility index (Phi) is 4.66. The van der Waals surface area contributed by atoms with Gasteiger partial charge in [-0.25, -0.2) is 0 Å². The molecule has 0 amide bonds. The van der Waals surface area contributed by atoms with Gasteiger partial charge in [-0.1, -0.05) is 84.9 Å². The van der Waals surface area contributed by atoms with Crippen molar-refractivity contribution in [1.29, 1.82) is 10.8 Å². The van der Waals surface area contributed by atoms with Gasteiger partial charge in [-0.15, -0.1) is 11.3 Å². The standard InChI is InChI=1S/C34H22N4S/c35-31-25-15-5-8-18-27(25)38(28-19-10-16-23-22-13-6-9-20-29(22)39-33(23)28)32(31)30-24-14-4-7-17-26(24)37(34(30)36)21-11-2-1-3-12-21/h1-20,35-36H/b32-30+,35-31?,36-34?. The smallest absolute Gasteiger partial charge is 0.140 e. The van der Waals surface area contributed by atoms with Gasteiger partial charge in [-0.3, -0.25) is 15.7 Å². The van der Waals surface area contributed by atoms with Crippen LogP contribution in [-0.2, 0) is 0 Å². The van der Waals surface area contributed by atoms with Crippen LogP contribution in [0.5, 0.6) is 0 Å². The molecule has 4 nitrogen and oxygen atoms in total. The highest BCUT2D eigenvalue weighted by molar-refractivity contribution is 7.26. The zero-order valence-corrected chi connectivity index (χ0v) is 21.7. The number of rotatable bonds is 2. The van der Waals surface area contributed by atoms with Gasteiger partial charge in [0.15, 0.2) is 0 Å². The Hall–Kier alpha value is -5.00. The van der Waals surface area contributed by atoms with Crippen LogP contribution in [0.25, 0.3) is 25.7 Å². The summed E-state index contributed by atoms with van der Waals surface area (Å²) in [5.74, 6) is 0.378. The first-order chi connectivity index (χ1) is 19.2. The van der Waals surface area contributed by atoms with Gasteiger partial charge in [0.2, 0.25) is 0 Å². The molecule has 0 radical (unpaired) electrons. The van der Waals surface area contributed by atoms with Crippen molar-refractivity contribution >= 4 is 71.4 Å². The molecule has 2 aliphatic heterocycles. The van der Waals surface area contributed by atoms with E-state index in [1.54, 1.807) is 11.3 Å². The number of allylic oxidation sites excluding steroid dienone is 1. The molecule has 5 heteroatoms. The average molecular weight is 519 g/mol. The number of amidine groups is 1. The van der Waals surface area contributed by atoms with Crippen molar-refractivity contribution in [3.8, 4) is 0 Å². The van der Waals surface area contributed by atoms with E-state index in [0.717, 1.165) is 45.1 Å². The number of anilines is 4. The molecule has 2 N–H and O–H groups in total. The van der Waals surface area contributed by atoms with Crippen LogP contribution >= 0.6 is 11.3 Å². The van der Waals surface area contributed by atoms with Crippen molar-refractivity contribution in [3.63, 3.8) is 0 Å². The first-order valence-corrected chi connectivity index (χ1v) is 13.7. The fraction of sp³-hybridized carbons (Fsp3) is 0. The molecule has 6 aromatic rings. The van der Waals surface area contributed by atoms with E-state index < -0.39 is 0 Å². The highest BCUT2D eigenvalue weighted by Crippen LogP contribution is 2.51. The average Bonchev–Trinajstić information content (AvgIpc) is 3.60. The number of nitrogens with zero attached hydrogens (tertiary/aromatic N) is 2. The number of nitrogens with one attached hydrogen (secondary N) is 2. The molecular formula is C34H22N4S. The number of fused-ring (bicyclic) bond motifs is 5. The Labute approximate surface area is 229 Å². The van der Waals surface area contributed by atoms with E-state index in [9.17, 15) is 10.8 Å². The van der Waals surface area contributed by atoms with Gasteiger partial charge in [0.1, 0.15) is 5.84 Å². The maximum absolute atomic E-state index is 9.50. The zero-order chi connectivity index (χ0) is 26.1. The highest BCUT2D eigenvalue weighted by atomic mass is 32.1. The summed E-state index contributed by atoms with van der Waals surface area (Å²) in [5.41, 5.74) is 7.70. The van der Waals surface area contributed by atoms with Gasteiger partial charge in [-0.2, -0.15) is 0 Å². The Balaban J connectivity index is 1.45. The normalized spacial score (nSPS) is 16.4. The summed E-state index contributed by atoms with van der Waals surface area (Å²) < 4.78 is 2.42. The van der Waals surface area contributed by atoms with E-state index in [-0.39, 0.29) is 0 Å². The lowest BCUT2D eigenvalue weighted by molar-refractivity contribution is 1.28. The van der Waals surface area contributed by atoms with Gasteiger partial charge in [0.25, 0.3) is 0 Å². The molecule has 0 saturated carbocycles. The van der Waals surface area contributed by atoms with E-state index in [0.29, 0.717) is 11.5 Å². The first-order valence-electron chi connectivity index (χ1n) is 12.9. The largest absolute Gasteiger partial charge is 0.306 e. The van der Waals surface area contributed by atoms with Crippen molar-refractivity contribution in [1.82, 2.24) is 0 Å². The molecule has 0 aliphatic carbocycles. The predicted octanol–water partition coefficient (Wildman–Crippen LogP) is 9.11. The first kappa shape index (κ1) is 22.0. The predicted molar refractivity (Wildman–Crippen MR) is 164 cm³/mol. The van der Waals surface area contributed by atoms with Crippen molar-refractivity contribution in [2.45, 2.75) is 0 Å². The molecule has 5 aromatic carbocycles. The highest BCUT2D eigenvalue weighted by Gasteiger charge is 2.40. The molecule has 0 fully saturated rings. The third kappa shape index (κ3) is 3.05. The lowest BCUT2D eigenvalue weighted by Crippen LogP contribution is -2.24. The van der Waals surface area contributed by atoms with Crippen molar-refractivity contribution in [3.05, 3.63) is 138 Å². The number of para-hydroxylation sites is 3. The number of thiophene rings is 1. The van der Waals surface area contributed by atoms with Gasteiger partial charge in [-0.05, 0) is 36.4 Å². The van der Waals surface area contributed by atoms with Crippen LogP contribution in [0.4, 0.5) is 22.7 Å². The fourth-order valence-corrected chi connectivity index (χ4v) is 7.17. The molecule has 39 heavy (non-hydrogen) atoms. The van der Waals surface area contributed by atoms with Gasteiger partial charge in [0.05, 0.1) is 38.7 Å². The number of hydrogen-bond donors (Lipinski definition) is 2. The fourth-order valence-electron chi connectivity index (χ4n) is 5.96. The maximum atomic E-state index is 9.50. The van der Waals surface area contributed by atoms with Gasteiger partial charge in [0, 0.05) is 32.3 Å². The lowest BCUT2D eigenvalue weighted by Gasteiger charge is -2.24. The van der Waals surface area contributed by atoms with E-state index in [1.807, 2.05) is 65.6 Å². The van der Waals surface area contributed by atoms with Crippen molar-refractivity contribution in [2.75, 3.05) is 9.80 Å². The van der Waals surface area contributed by atoms with Crippen molar-refractivity contribution < 1.29 is 0 Å². The summed E-state index contributed by atoms with van der Waals surface area (Å²) >= 11 is 1.78. The minimum Gasteiger partial charge on any atom is -0.306 e. The summed E-state index contributed by atoms with van der Waals surface area (Å²) in [5, 5.41) is 21.4. The van der Waals surface area contributed by atoms with Crippen molar-refractivity contribution in [2.24, 2.45) is 0 Å². The molecule has 0 spiro atoms. The molecule has 2 aliphatic rings. The Morgan fingerprint density at radius 2 is 1.13 bits per heavy atom. The van der Waals surface area contributed by atoms with Crippen LogP contribution in [0.2, 0.25) is 0 Å². The minimum absolute atomic E-state index is 0.378. The van der Waals surface area contributed by atoms with E-state index in [1.165, 1.54) is 20.2 Å². The van der Waals surface area contributed by atoms with Crippen LogP contribution in [0.1, 0.15) is 11.1 Å². The second-order valence-electron chi connectivity index (χ2n) is 9.74. The van der Waals surface area contributed by atoms with Crippen LogP contribution in [0.15, 0.2) is 127 Å². The molecular weight excluding hydrogens is 496 g/mol. The van der Waals surface area contributed by atoms with E-state index in [4.69, 9.17) is 0 Å². The minimum atomic E-state index is 0.378. The Bertz CT molecular complexity index is 2020. The van der Waals surface area contributed by atoms with E-state index in [2.05, 4.69) is 65.6 Å². The third-order valence-corrected chi connectivity index (χ3v) is 8.83. The Morgan fingerprint density at radius 3 is 1.95 bits per heavy atom. The molecule has 0 unspecified atom stereocenters. The third-order valence-electron chi connectivity index (χ3n) is 7.63. The quantitative estimate of drug-likeness (QED) is 0.240. The molecule has 1 aromatic heterocycles. The lowest BCUT2D eigenvalue weighted by atomic mass is 10.0. The molecule has 0 bridgehead atoms. The molecule has 184 valence electrons.